The van der Waals surface area contributed by atoms with Crippen LogP contribution in [0.2, 0.25) is 0 Å². The first-order valence-electron chi connectivity index (χ1n) is 11.8. The third-order valence-corrected chi connectivity index (χ3v) is 7.68. The largest absolute Gasteiger partial charge is 0.391 e. The number of amides is 1. The average molecular weight is 451 g/mol. The number of alkyl halides is 3. The summed E-state index contributed by atoms with van der Waals surface area (Å²) in [6.45, 7) is 9.40. The van der Waals surface area contributed by atoms with Crippen molar-refractivity contribution in [3.63, 3.8) is 0 Å². The lowest BCUT2D eigenvalue weighted by Gasteiger charge is -2.37. The average Bonchev–Trinajstić information content (AvgIpc) is 3.16. The molecule has 1 amide bonds. The van der Waals surface area contributed by atoms with Gasteiger partial charge in [-0.1, -0.05) is 13.8 Å². The van der Waals surface area contributed by atoms with Crippen LogP contribution in [0.15, 0.2) is 6.07 Å². The highest BCUT2D eigenvalue weighted by atomic mass is 19.4. The number of aryl methyl sites for hydroxylation is 1. The van der Waals surface area contributed by atoms with Crippen molar-refractivity contribution >= 4 is 11.6 Å². The first-order chi connectivity index (χ1) is 15.1. The summed E-state index contributed by atoms with van der Waals surface area (Å²) < 4.78 is 41.2. The quantitative estimate of drug-likeness (QED) is 0.628. The maximum Gasteiger partial charge on any atom is 0.391 e. The Morgan fingerprint density at radius 1 is 1.19 bits per heavy atom. The van der Waals surface area contributed by atoms with Crippen molar-refractivity contribution in [3.8, 4) is 0 Å². The molecule has 0 spiro atoms. The number of carbonyl (C=O) groups excluding carboxylic acids is 1. The van der Waals surface area contributed by atoms with E-state index in [0.717, 1.165) is 47.7 Å². The van der Waals surface area contributed by atoms with Crippen LogP contribution in [0.3, 0.4) is 0 Å². The maximum atomic E-state index is 13.1. The van der Waals surface area contributed by atoms with E-state index < -0.39 is 12.1 Å². The molecule has 4 rings (SSSR count). The Hall–Kier alpha value is -2.12. The predicted octanol–water partition coefficient (Wildman–Crippen LogP) is 5.41. The molecule has 2 aliphatic rings. The molecule has 176 valence electrons. The maximum absolute atomic E-state index is 13.1. The molecule has 2 aromatic rings. The van der Waals surface area contributed by atoms with E-state index in [1.54, 1.807) is 6.92 Å². The van der Waals surface area contributed by atoms with Crippen LogP contribution >= 0.6 is 0 Å². The molecule has 1 aliphatic heterocycles. The monoisotopic (exact) mass is 450 g/mol. The van der Waals surface area contributed by atoms with Crippen molar-refractivity contribution in [2.24, 2.45) is 11.8 Å². The van der Waals surface area contributed by atoms with Gasteiger partial charge in [0, 0.05) is 43.6 Å². The summed E-state index contributed by atoms with van der Waals surface area (Å²) in [7, 11) is 0. The molecular weight excluding hydrogens is 417 g/mol. The molecule has 1 aliphatic carbocycles. The Morgan fingerprint density at radius 3 is 2.47 bits per heavy atom. The molecule has 5 nitrogen and oxygen atoms in total. The number of halogens is 3. The molecule has 32 heavy (non-hydrogen) atoms. The second-order valence-electron chi connectivity index (χ2n) is 9.68. The number of hydrogen-bond acceptors (Lipinski definition) is 3. The van der Waals surface area contributed by atoms with E-state index in [-0.39, 0.29) is 30.6 Å². The fourth-order valence-electron chi connectivity index (χ4n) is 5.64. The van der Waals surface area contributed by atoms with Crippen LogP contribution in [0.1, 0.15) is 87.4 Å². The van der Waals surface area contributed by atoms with Gasteiger partial charge in [-0.15, -0.1) is 0 Å². The summed E-state index contributed by atoms with van der Waals surface area (Å²) in [5.74, 6) is -0.522. The molecule has 8 heteroatoms. The van der Waals surface area contributed by atoms with Gasteiger partial charge in [0.05, 0.1) is 17.3 Å². The first kappa shape index (κ1) is 23.1. The van der Waals surface area contributed by atoms with Gasteiger partial charge in [-0.25, -0.2) is 9.50 Å². The summed E-state index contributed by atoms with van der Waals surface area (Å²) in [6.07, 6.45) is -1.03. The number of hydrogen-bond donors (Lipinski definition) is 0. The standard InChI is InChI=1S/C24H33F3N4O/c1-5-19-15(3)28-22-12-21(17-6-8-18(9-7-17)24(25,26)27)29-31(22)23(19)20-13-30(16(4)32)11-10-14(20)2/h12,14,17-18,20H,5-11,13H2,1-4H3/t14-,17?,18?,20+/m0/s1. The minimum atomic E-state index is -4.11. The van der Waals surface area contributed by atoms with Crippen molar-refractivity contribution in [2.45, 2.75) is 84.2 Å². The Kier molecular flexibility index (Phi) is 6.25. The number of rotatable bonds is 3. The van der Waals surface area contributed by atoms with Gasteiger partial charge in [0.25, 0.3) is 0 Å². The molecule has 3 heterocycles. The van der Waals surface area contributed by atoms with Crippen molar-refractivity contribution in [1.82, 2.24) is 19.5 Å². The highest BCUT2D eigenvalue weighted by Crippen LogP contribution is 2.43. The lowest BCUT2D eigenvalue weighted by Crippen LogP contribution is -2.42. The number of piperidine rings is 1. The zero-order valence-electron chi connectivity index (χ0n) is 19.4. The highest BCUT2D eigenvalue weighted by Gasteiger charge is 2.42. The van der Waals surface area contributed by atoms with Crippen LogP contribution in [0.25, 0.3) is 5.65 Å². The molecule has 2 aromatic heterocycles. The van der Waals surface area contributed by atoms with Crippen LogP contribution in [0.4, 0.5) is 13.2 Å². The number of likely N-dealkylation sites (tertiary alicyclic amines) is 1. The van der Waals surface area contributed by atoms with E-state index in [4.69, 9.17) is 10.1 Å². The number of carbonyl (C=O) groups is 1. The van der Waals surface area contributed by atoms with Gasteiger partial charge in [0.2, 0.25) is 5.91 Å². The van der Waals surface area contributed by atoms with E-state index in [1.165, 1.54) is 0 Å². The predicted molar refractivity (Wildman–Crippen MR) is 117 cm³/mol. The Labute approximate surface area is 187 Å². The SMILES string of the molecule is CCc1c(C)nc2cc(C3CCC(C(F)(F)F)CC3)nn2c1[C@@H]1CN(C(C)=O)CC[C@@H]1C. The van der Waals surface area contributed by atoms with E-state index in [1.807, 2.05) is 22.4 Å². The molecule has 2 fully saturated rings. The zero-order valence-corrected chi connectivity index (χ0v) is 19.4. The molecular formula is C24H33F3N4O. The van der Waals surface area contributed by atoms with Gasteiger partial charge in [-0.05, 0) is 56.9 Å². The molecule has 0 radical (unpaired) electrons. The van der Waals surface area contributed by atoms with Gasteiger partial charge >= 0.3 is 6.18 Å². The summed E-state index contributed by atoms with van der Waals surface area (Å²) in [4.78, 5) is 18.8. The Bertz CT molecular complexity index is 991. The van der Waals surface area contributed by atoms with E-state index in [9.17, 15) is 18.0 Å². The summed E-state index contributed by atoms with van der Waals surface area (Å²) in [5.41, 5.74) is 4.85. The molecule has 0 unspecified atom stereocenters. The van der Waals surface area contributed by atoms with E-state index in [2.05, 4.69) is 13.8 Å². The normalized spacial score (nSPS) is 27.2. The molecule has 2 atom stereocenters. The first-order valence-corrected chi connectivity index (χ1v) is 11.8. The smallest absolute Gasteiger partial charge is 0.342 e. The molecule has 0 aromatic carbocycles. The van der Waals surface area contributed by atoms with E-state index in [0.29, 0.717) is 25.3 Å². The van der Waals surface area contributed by atoms with Crippen LogP contribution in [0.5, 0.6) is 0 Å². The number of aromatic nitrogens is 3. The van der Waals surface area contributed by atoms with Gasteiger partial charge in [-0.2, -0.15) is 18.3 Å². The van der Waals surface area contributed by atoms with Crippen molar-refractivity contribution < 1.29 is 18.0 Å². The Balaban J connectivity index is 1.71. The summed E-state index contributed by atoms with van der Waals surface area (Å²) >= 11 is 0. The van der Waals surface area contributed by atoms with Gasteiger partial charge in [0.15, 0.2) is 5.65 Å². The third-order valence-electron chi connectivity index (χ3n) is 7.68. The summed E-state index contributed by atoms with van der Waals surface area (Å²) in [5, 5.41) is 4.92. The molecule has 0 bridgehead atoms. The van der Waals surface area contributed by atoms with Crippen molar-refractivity contribution in [1.29, 1.82) is 0 Å². The van der Waals surface area contributed by atoms with Crippen LogP contribution in [-0.2, 0) is 11.2 Å². The minimum absolute atomic E-state index is 0.0334. The third kappa shape index (κ3) is 4.25. The van der Waals surface area contributed by atoms with Crippen molar-refractivity contribution in [2.75, 3.05) is 13.1 Å². The zero-order chi connectivity index (χ0) is 23.2. The fourth-order valence-corrected chi connectivity index (χ4v) is 5.64. The number of fused-ring (bicyclic) bond motifs is 1. The topological polar surface area (TPSA) is 50.5 Å². The van der Waals surface area contributed by atoms with Crippen LogP contribution < -0.4 is 0 Å². The second-order valence-corrected chi connectivity index (χ2v) is 9.68. The lowest BCUT2D eigenvalue weighted by atomic mass is 9.80. The van der Waals surface area contributed by atoms with Gasteiger partial charge in [0.1, 0.15) is 0 Å². The molecule has 1 saturated heterocycles. The minimum Gasteiger partial charge on any atom is -0.342 e. The van der Waals surface area contributed by atoms with Gasteiger partial charge < -0.3 is 4.90 Å². The van der Waals surface area contributed by atoms with Crippen LogP contribution in [0, 0.1) is 18.8 Å². The highest BCUT2D eigenvalue weighted by molar-refractivity contribution is 5.73. The number of nitrogens with zero attached hydrogens (tertiary/aromatic N) is 4. The Morgan fingerprint density at radius 2 is 1.88 bits per heavy atom. The fraction of sp³-hybridized carbons (Fsp3) is 0.708. The van der Waals surface area contributed by atoms with Crippen molar-refractivity contribution in [3.05, 3.63) is 28.7 Å². The molecule has 1 saturated carbocycles. The van der Waals surface area contributed by atoms with E-state index >= 15 is 0 Å². The summed E-state index contributed by atoms with van der Waals surface area (Å²) in [6, 6.07) is 1.96. The molecule has 0 N–H and O–H groups in total. The second kappa shape index (κ2) is 8.67. The van der Waals surface area contributed by atoms with Crippen LogP contribution in [-0.4, -0.2) is 44.7 Å². The lowest BCUT2D eigenvalue weighted by molar-refractivity contribution is -0.182. The van der Waals surface area contributed by atoms with Gasteiger partial charge in [-0.3, -0.25) is 4.79 Å².